The third-order valence-corrected chi connectivity index (χ3v) is 7.20. The summed E-state index contributed by atoms with van der Waals surface area (Å²) in [5.74, 6) is 0.647. The van der Waals surface area contributed by atoms with Gasteiger partial charge in [0.2, 0.25) is 5.91 Å². The minimum Gasteiger partial charge on any atom is -0.383 e. The molecule has 0 unspecified atom stereocenters. The predicted octanol–water partition coefficient (Wildman–Crippen LogP) is 3.90. The summed E-state index contributed by atoms with van der Waals surface area (Å²) >= 11 is 3.60. The number of fused-ring (bicyclic) bond motifs is 1. The maximum atomic E-state index is 11.6. The Bertz CT molecular complexity index is 1310. The van der Waals surface area contributed by atoms with Crippen LogP contribution in [0.15, 0.2) is 59.3 Å². The number of carbonyl (C=O) groups excluding carboxylic acids is 1. The number of nitrogens with one attached hydrogen (secondary N) is 1. The molecule has 4 aromatic rings. The van der Waals surface area contributed by atoms with Crippen LogP contribution in [0.5, 0.6) is 0 Å². The zero-order valence-corrected chi connectivity index (χ0v) is 20.5. The Balaban J connectivity index is 1.38. The number of likely N-dealkylation sites (tertiary alicyclic amines) is 1. The zero-order valence-electron chi connectivity index (χ0n) is 18.9. The van der Waals surface area contributed by atoms with E-state index in [0.717, 1.165) is 58.5 Å². The first-order chi connectivity index (χ1) is 16.5. The Hall–Kier alpha value is -3.30. The molecule has 1 saturated heterocycles. The first-order valence-corrected chi connectivity index (χ1v) is 12.1. The molecule has 5 rings (SSSR count). The van der Waals surface area contributed by atoms with Crippen molar-refractivity contribution < 1.29 is 4.79 Å². The van der Waals surface area contributed by atoms with Crippen LogP contribution in [-0.4, -0.2) is 49.5 Å². The maximum Gasteiger partial charge on any atom is 0.219 e. The van der Waals surface area contributed by atoms with Crippen LogP contribution in [0.3, 0.4) is 0 Å². The third kappa shape index (κ3) is 4.41. The topological polar surface area (TPSA) is 101 Å². The van der Waals surface area contributed by atoms with E-state index in [1.54, 1.807) is 17.6 Å². The number of amides is 1. The number of halogens is 1. The predicted molar refractivity (Wildman–Crippen MR) is 136 cm³/mol. The lowest BCUT2D eigenvalue weighted by molar-refractivity contribution is -0.129. The lowest BCUT2D eigenvalue weighted by Gasteiger charge is -2.31. The number of anilines is 1. The van der Waals surface area contributed by atoms with Gasteiger partial charge in [-0.05, 0) is 34.8 Å². The molecule has 3 aromatic heterocycles. The van der Waals surface area contributed by atoms with Crippen molar-refractivity contribution in [3.63, 3.8) is 0 Å². The smallest absolute Gasteiger partial charge is 0.219 e. The van der Waals surface area contributed by atoms with Crippen LogP contribution in [0.1, 0.15) is 25.5 Å². The number of pyridine rings is 1. The fourth-order valence-electron chi connectivity index (χ4n) is 4.34. The third-order valence-electron chi connectivity index (χ3n) is 6.33. The number of benzene rings is 1. The largest absolute Gasteiger partial charge is 0.383 e. The summed E-state index contributed by atoms with van der Waals surface area (Å²) in [5.41, 5.74) is 11.7. The van der Waals surface area contributed by atoms with Gasteiger partial charge in [-0.15, -0.1) is 0 Å². The molecule has 1 fully saturated rings. The van der Waals surface area contributed by atoms with Crippen LogP contribution in [-0.2, 0) is 11.3 Å². The molecule has 0 bridgehead atoms. The fraction of sp³-hybridized carbons (Fsp3) is 0.280. The van der Waals surface area contributed by atoms with Crippen LogP contribution in [0.2, 0.25) is 0 Å². The van der Waals surface area contributed by atoms with E-state index in [2.05, 4.69) is 31.3 Å². The molecule has 0 spiro atoms. The van der Waals surface area contributed by atoms with Crippen molar-refractivity contribution in [3.8, 4) is 22.4 Å². The van der Waals surface area contributed by atoms with E-state index < -0.39 is 0 Å². The summed E-state index contributed by atoms with van der Waals surface area (Å²) in [6.45, 7) is 3.76. The number of nitrogen functional groups attached to an aromatic ring is 1. The minimum atomic E-state index is 0.139. The second-order valence-corrected chi connectivity index (χ2v) is 9.30. The van der Waals surface area contributed by atoms with Crippen molar-refractivity contribution >= 4 is 33.3 Å². The number of carbonyl (C=O) groups is 1. The molecule has 3 N–H and O–H groups in total. The van der Waals surface area contributed by atoms with Crippen molar-refractivity contribution in [1.29, 1.82) is 0 Å². The minimum absolute atomic E-state index is 0.139. The van der Waals surface area contributed by atoms with Crippen molar-refractivity contribution in [2.24, 2.45) is 0 Å². The summed E-state index contributed by atoms with van der Waals surface area (Å²) in [5, 5.41) is 8.04. The summed E-state index contributed by atoms with van der Waals surface area (Å²) in [7, 11) is 0. The van der Waals surface area contributed by atoms with Crippen molar-refractivity contribution in [2.75, 3.05) is 18.8 Å². The van der Waals surface area contributed by atoms with E-state index in [1.807, 2.05) is 53.6 Å². The lowest BCUT2D eigenvalue weighted by Crippen LogP contribution is -2.44. The molecule has 34 heavy (non-hydrogen) atoms. The van der Waals surface area contributed by atoms with E-state index >= 15 is 0 Å². The van der Waals surface area contributed by atoms with Crippen molar-refractivity contribution in [2.45, 2.75) is 32.4 Å². The molecule has 0 saturated carbocycles. The fourth-order valence-corrected chi connectivity index (χ4v) is 4.73. The average Bonchev–Trinajstić information content (AvgIpc) is 3.30. The van der Waals surface area contributed by atoms with Gasteiger partial charge < -0.3 is 16.0 Å². The van der Waals surface area contributed by atoms with E-state index in [9.17, 15) is 4.79 Å². The summed E-state index contributed by atoms with van der Waals surface area (Å²) in [6, 6.07) is 14.5. The van der Waals surface area contributed by atoms with Gasteiger partial charge in [0.1, 0.15) is 5.82 Å². The first kappa shape index (κ1) is 22.5. The number of hydrogen-bond donors (Lipinski definition) is 2. The summed E-state index contributed by atoms with van der Waals surface area (Å²) in [6.07, 6.45) is 5.47. The summed E-state index contributed by atoms with van der Waals surface area (Å²) in [4.78, 5) is 23.0. The Morgan fingerprint density at radius 2 is 1.88 bits per heavy atom. The van der Waals surface area contributed by atoms with Gasteiger partial charge in [-0.2, -0.15) is 9.61 Å². The van der Waals surface area contributed by atoms with E-state index in [-0.39, 0.29) is 5.91 Å². The molecular weight excluding hydrogens is 494 g/mol. The Morgan fingerprint density at radius 1 is 1.12 bits per heavy atom. The summed E-state index contributed by atoms with van der Waals surface area (Å²) < 4.78 is 2.39. The second-order valence-electron chi connectivity index (χ2n) is 8.51. The number of piperidine rings is 1. The highest BCUT2D eigenvalue weighted by Gasteiger charge is 2.22. The van der Waals surface area contributed by atoms with Gasteiger partial charge in [0.05, 0.1) is 22.1 Å². The number of nitrogens with two attached hydrogens (primary N) is 1. The van der Waals surface area contributed by atoms with Gasteiger partial charge in [0.15, 0.2) is 5.65 Å². The Labute approximate surface area is 206 Å². The van der Waals surface area contributed by atoms with Crippen LogP contribution in [0, 0.1) is 0 Å². The Morgan fingerprint density at radius 3 is 2.56 bits per heavy atom. The molecule has 174 valence electrons. The SMILES string of the molecule is CC(=O)N1CCC(NCc2nc3c(-c4ccc(-c5ccccc5)nc4)cnn3c(N)c2Br)CC1. The van der Waals surface area contributed by atoms with Crippen LogP contribution >= 0.6 is 15.9 Å². The van der Waals surface area contributed by atoms with Gasteiger partial charge in [-0.1, -0.05) is 36.4 Å². The monoisotopic (exact) mass is 519 g/mol. The molecule has 0 radical (unpaired) electrons. The molecule has 9 heteroatoms. The number of hydrogen-bond acceptors (Lipinski definition) is 6. The van der Waals surface area contributed by atoms with E-state index in [4.69, 9.17) is 10.7 Å². The molecule has 1 aliphatic heterocycles. The quantitative estimate of drug-likeness (QED) is 0.414. The van der Waals surface area contributed by atoms with Crippen LogP contribution in [0.25, 0.3) is 28.0 Å². The van der Waals surface area contributed by atoms with E-state index in [1.165, 1.54) is 0 Å². The van der Waals surface area contributed by atoms with Crippen LogP contribution in [0.4, 0.5) is 5.82 Å². The first-order valence-electron chi connectivity index (χ1n) is 11.3. The number of nitrogens with zero attached hydrogens (tertiary/aromatic N) is 5. The number of rotatable bonds is 5. The molecule has 1 aliphatic rings. The van der Waals surface area contributed by atoms with Crippen molar-refractivity contribution in [3.05, 3.63) is 65.0 Å². The highest BCUT2D eigenvalue weighted by Crippen LogP contribution is 2.30. The van der Waals surface area contributed by atoms with E-state index in [0.29, 0.717) is 24.1 Å². The van der Waals surface area contributed by atoms with Gasteiger partial charge in [-0.25, -0.2) is 4.98 Å². The lowest BCUT2D eigenvalue weighted by atomic mass is 10.0. The number of aromatic nitrogens is 4. The molecule has 0 aliphatic carbocycles. The molecule has 1 aromatic carbocycles. The molecule has 4 heterocycles. The van der Waals surface area contributed by atoms with Crippen LogP contribution < -0.4 is 11.1 Å². The molecule has 0 atom stereocenters. The highest BCUT2D eigenvalue weighted by atomic mass is 79.9. The molecule has 8 nitrogen and oxygen atoms in total. The average molecular weight is 520 g/mol. The second kappa shape index (κ2) is 9.52. The van der Waals surface area contributed by atoms with Crippen molar-refractivity contribution in [1.82, 2.24) is 29.8 Å². The zero-order chi connectivity index (χ0) is 23.7. The standard InChI is InChI=1S/C25H26BrN7O/c1-16(34)32-11-9-19(10-12-32)28-15-22-23(26)24(27)33-25(31-22)20(14-30-33)18-7-8-21(29-13-18)17-5-3-2-4-6-17/h2-8,13-14,19,28H,9-12,15,27H2,1H3. The highest BCUT2D eigenvalue weighted by molar-refractivity contribution is 9.10. The normalized spacial score (nSPS) is 14.6. The molecule has 1 amide bonds. The van der Waals surface area contributed by atoms with Gasteiger partial charge in [0, 0.05) is 55.5 Å². The van der Waals surface area contributed by atoms with Gasteiger partial charge in [-0.3, -0.25) is 9.78 Å². The molecular formula is C25H26BrN7O. The maximum absolute atomic E-state index is 11.6. The van der Waals surface area contributed by atoms with Gasteiger partial charge >= 0.3 is 0 Å². The van der Waals surface area contributed by atoms with Gasteiger partial charge in [0.25, 0.3) is 0 Å². The Kier molecular flexibility index (Phi) is 6.30.